The maximum Gasteiger partial charge on any atom is 0.326 e. The van der Waals surface area contributed by atoms with E-state index in [1.54, 1.807) is 23.7 Å². The van der Waals surface area contributed by atoms with Crippen LogP contribution in [0.25, 0.3) is 0 Å². The first kappa shape index (κ1) is 18.1. The molecule has 0 bridgehead atoms. The summed E-state index contributed by atoms with van der Waals surface area (Å²) in [7, 11) is 1.78. The van der Waals surface area contributed by atoms with Crippen LogP contribution in [0, 0.1) is 5.92 Å². The van der Waals surface area contributed by atoms with Gasteiger partial charge in [0.05, 0.1) is 0 Å². The Morgan fingerprint density at radius 1 is 1.33 bits per heavy atom. The number of carbonyl (C=O) groups is 2. The molecular formula is C15H28N2O3S. The second kappa shape index (κ2) is 9.18. The summed E-state index contributed by atoms with van der Waals surface area (Å²) in [5.74, 6) is 0.550. The van der Waals surface area contributed by atoms with E-state index < -0.39 is 12.0 Å². The maximum absolute atomic E-state index is 12.2. The largest absolute Gasteiger partial charge is 0.480 e. The summed E-state index contributed by atoms with van der Waals surface area (Å²) in [6, 6.07) is -0.814. The number of urea groups is 1. The monoisotopic (exact) mass is 316 g/mol. The zero-order valence-electron chi connectivity index (χ0n) is 13.3. The molecule has 0 aromatic heterocycles. The Hall–Kier alpha value is -0.910. The molecule has 1 saturated carbocycles. The number of hydrogen-bond acceptors (Lipinski definition) is 3. The summed E-state index contributed by atoms with van der Waals surface area (Å²) in [6.07, 6.45) is 7.95. The van der Waals surface area contributed by atoms with Gasteiger partial charge >= 0.3 is 12.0 Å². The molecule has 0 radical (unpaired) electrons. The van der Waals surface area contributed by atoms with Gasteiger partial charge in [-0.1, -0.05) is 13.3 Å². The lowest BCUT2D eigenvalue weighted by atomic mass is 9.84. The van der Waals surface area contributed by atoms with E-state index in [-0.39, 0.29) is 12.1 Å². The fourth-order valence-corrected chi connectivity index (χ4v) is 3.32. The van der Waals surface area contributed by atoms with Gasteiger partial charge in [0.2, 0.25) is 0 Å². The summed E-state index contributed by atoms with van der Waals surface area (Å²) in [5.41, 5.74) is 0. The van der Waals surface area contributed by atoms with Gasteiger partial charge in [0.1, 0.15) is 6.04 Å². The van der Waals surface area contributed by atoms with Crippen LogP contribution in [0.3, 0.4) is 0 Å². The third-order valence-electron chi connectivity index (χ3n) is 4.47. The summed E-state index contributed by atoms with van der Waals surface area (Å²) in [5, 5.41) is 11.8. The average Bonchev–Trinajstić information content (AvgIpc) is 2.50. The summed E-state index contributed by atoms with van der Waals surface area (Å²) < 4.78 is 0. The van der Waals surface area contributed by atoms with Gasteiger partial charge in [-0.05, 0) is 50.0 Å². The van der Waals surface area contributed by atoms with E-state index in [1.165, 1.54) is 6.42 Å². The van der Waals surface area contributed by atoms with Gasteiger partial charge in [-0.3, -0.25) is 0 Å². The van der Waals surface area contributed by atoms with E-state index in [1.807, 2.05) is 6.26 Å². The normalized spacial score (nSPS) is 23.4. The third-order valence-corrected chi connectivity index (χ3v) is 5.11. The minimum atomic E-state index is -0.958. The predicted molar refractivity (Wildman–Crippen MR) is 86.8 cm³/mol. The number of hydrogen-bond donors (Lipinski definition) is 2. The van der Waals surface area contributed by atoms with E-state index in [0.29, 0.717) is 6.42 Å². The molecule has 1 unspecified atom stereocenters. The quantitative estimate of drug-likeness (QED) is 0.758. The van der Waals surface area contributed by atoms with Gasteiger partial charge in [-0.15, -0.1) is 0 Å². The van der Waals surface area contributed by atoms with Gasteiger partial charge in [0, 0.05) is 13.1 Å². The smallest absolute Gasteiger partial charge is 0.326 e. The number of aliphatic carboxylic acids is 1. The van der Waals surface area contributed by atoms with Gasteiger partial charge in [-0.25, -0.2) is 9.59 Å². The molecule has 0 aromatic rings. The molecule has 1 aliphatic rings. The molecule has 0 aromatic carbocycles. The van der Waals surface area contributed by atoms with Crippen LogP contribution in [-0.2, 0) is 4.79 Å². The number of rotatable bonds is 7. The Kier molecular flexibility index (Phi) is 7.93. The van der Waals surface area contributed by atoms with Crippen molar-refractivity contribution < 1.29 is 14.7 Å². The Morgan fingerprint density at radius 2 is 1.95 bits per heavy atom. The van der Waals surface area contributed by atoms with Crippen LogP contribution in [0.2, 0.25) is 0 Å². The Balaban J connectivity index is 2.47. The SMILES string of the molecule is CCC1CCC(N(C)C(=O)NC(CCSC)C(=O)O)CC1. The summed E-state index contributed by atoms with van der Waals surface area (Å²) >= 11 is 1.59. The Bertz CT molecular complexity index is 344. The van der Waals surface area contributed by atoms with Crippen LogP contribution < -0.4 is 5.32 Å². The van der Waals surface area contributed by atoms with Crippen LogP contribution in [0.4, 0.5) is 4.79 Å². The van der Waals surface area contributed by atoms with Crippen molar-refractivity contribution in [3.63, 3.8) is 0 Å². The van der Waals surface area contributed by atoms with Crippen molar-refractivity contribution >= 4 is 23.8 Å². The number of carboxylic acid groups (broad SMARTS) is 1. The van der Waals surface area contributed by atoms with Crippen LogP contribution >= 0.6 is 11.8 Å². The molecule has 0 heterocycles. The van der Waals surface area contributed by atoms with E-state index in [0.717, 1.165) is 37.4 Å². The van der Waals surface area contributed by atoms with Crippen molar-refractivity contribution in [3.8, 4) is 0 Å². The number of carbonyl (C=O) groups excluding carboxylic acids is 1. The lowest BCUT2D eigenvalue weighted by Crippen LogP contribution is -2.50. The van der Waals surface area contributed by atoms with Gasteiger partial charge in [-0.2, -0.15) is 11.8 Å². The lowest BCUT2D eigenvalue weighted by molar-refractivity contribution is -0.139. The summed E-state index contributed by atoms with van der Waals surface area (Å²) in [6.45, 7) is 2.21. The van der Waals surface area contributed by atoms with Crippen LogP contribution in [0.15, 0.2) is 0 Å². The first-order valence-corrected chi connectivity index (χ1v) is 9.14. The van der Waals surface area contributed by atoms with Gasteiger partial charge in [0.15, 0.2) is 0 Å². The fourth-order valence-electron chi connectivity index (χ4n) is 2.85. The molecule has 0 saturated heterocycles. The van der Waals surface area contributed by atoms with Crippen molar-refractivity contribution in [1.82, 2.24) is 10.2 Å². The van der Waals surface area contributed by atoms with Crippen molar-refractivity contribution in [2.75, 3.05) is 19.1 Å². The molecule has 2 amide bonds. The topological polar surface area (TPSA) is 69.6 Å². The molecule has 122 valence electrons. The highest BCUT2D eigenvalue weighted by Gasteiger charge is 2.28. The number of amides is 2. The maximum atomic E-state index is 12.2. The zero-order chi connectivity index (χ0) is 15.8. The summed E-state index contributed by atoms with van der Waals surface area (Å²) in [4.78, 5) is 25.1. The van der Waals surface area contributed by atoms with E-state index in [2.05, 4.69) is 12.2 Å². The number of thioether (sulfide) groups is 1. The molecule has 21 heavy (non-hydrogen) atoms. The highest BCUT2D eigenvalue weighted by Crippen LogP contribution is 2.28. The van der Waals surface area contributed by atoms with Crippen molar-refractivity contribution in [2.24, 2.45) is 5.92 Å². The van der Waals surface area contributed by atoms with Crippen LogP contribution in [-0.4, -0.2) is 53.1 Å². The van der Waals surface area contributed by atoms with Crippen LogP contribution in [0.5, 0.6) is 0 Å². The predicted octanol–water partition coefficient (Wildman–Crippen LogP) is 2.80. The van der Waals surface area contributed by atoms with E-state index in [4.69, 9.17) is 5.11 Å². The van der Waals surface area contributed by atoms with Crippen molar-refractivity contribution in [3.05, 3.63) is 0 Å². The molecule has 1 fully saturated rings. The van der Waals surface area contributed by atoms with Gasteiger partial charge < -0.3 is 15.3 Å². The number of nitrogens with one attached hydrogen (secondary N) is 1. The molecule has 0 spiro atoms. The third kappa shape index (κ3) is 5.77. The molecule has 5 nitrogen and oxygen atoms in total. The molecular weight excluding hydrogens is 288 g/mol. The minimum absolute atomic E-state index is 0.239. The van der Waals surface area contributed by atoms with Crippen LogP contribution in [0.1, 0.15) is 45.4 Å². The standard InChI is InChI=1S/C15H28N2O3S/c1-4-11-5-7-12(8-6-11)17(2)15(20)16-13(14(18)19)9-10-21-3/h11-13H,4-10H2,1-3H3,(H,16,20)(H,18,19). The van der Waals surface area contributed by atoms with Crippen molar-refractivity contribution in [1.29, 1.82) is 0 Å². The molecule has 1 aliphatic carbocycles. The first-order chi connectivity index (χ1) is 9.99. The van der Waals surface area contributed by atoms with E-state index >= 15 is 0 Å². The molecule has 0 aliphatic heterocycles. The first-order valence-electron chi connectivity index (χ1n) is 7.74. The number of carboxylic acids is 1. The molecule has 1 rings (SSSR count). The molecule has 6 heteroatoms. The molecule has 1 atom stereocenters. The highest BCUT2D eigenvalue weighted by atomic mass is 32.2. The van der Waals surface area contributed by atoms with Crippen molar-refractivity contribution in [2.45, 2.75) is 57.5 Å². The highest BCUT2D eigenvalue weighted by molar-refractivity contribution is 7.98. The average molecular weight is 316 g/mol. The minimum Gasteiger partial charge on any atom is -0.480 e. The zero-order valence-corrected chi connectivity index (χ0v) is 14.1. The fraction of sp³-hybridized carbons (Fsp3) is 0.867. The Labute approximate surface area is 131 Å². The van der Waals surface area contributed by atoms with Gasteiger partial charge in [0.25, 0.3) is 0 Å². The number of nitrogens with zero attached hydrogens (tertiary/aromatic N) is 1. The second-order valence-corrected chi connectivity index (χ2v) is 6.80. The van der Waals surface area contributed by atoms with E-state index in [9.17, 15) is 9.59 Å². The molecule has 2 N–H and O–H groups in total. The Morgan fingerprint density at radius 3 is 2.43 bits per heavy atom. The lowest BCUT2D eigenvalue weighted by Gasteiger charge is -2.35. The second-order valence-electron chi connectivity index (χ2n) is 5.82.